The summed E-state index contributed by atoms with van der Waals surface area (Å²) in [5, 5.41) is 20.8. The molecule has 11 nitrogen and oxygen atoms in total. The van der Waals surface area contributed by atoms with E-state index in [9.17, 15) is 31.6 Å². The second-order valence-corrected chi connectivity index (χ2v) is 12.4. The molecule has 2 aromatic heterocycles. The molecule has 0 spiro atoms. The number of halogens is 3. The Labute approximate surface area is 238 Å². The molecule has 1 aliphatic heterocycles. The van der Waals surface area contributed by atoms with E-state index in [1.807, 2.05) is 0 Å². The standard InChI is InChI=1S/C27H24F3N7O4S/c1-26(2,14-31)25-34-33-23(41-25)17-8-9-21-20(10-17)37(24(38)18(32)13-42(21,39)40)12-15-4-6-16(7-5-15)19-11-22(27(28,29)30)35-36(19)3/h4-11,18H,12-13,32H2,1-3H3/t18-/m0/s1. The van der Waals surface area contributed by atoms with Crippen LogP contribution in [0, 0.1) is 11.3 Å². The molecule has 0 bridgehead atoms. The van der Waals surface area contributed by atoms with Gasteiger partial charge in [-0.15, -0.1) is 10.2 Å². The van der Waals surface area contributed by atoms with E-state index in [1.54, 1.807) is 38.1 Å². The highest BCUT2D eigenvalue weighted by atomic mass is 32.2. The first-order chi connectivity index (χ1) is 19.6. The predicted octanol–water partition coefficient (Wildman–Crippen LogP) is 3.60. The van der Waals surface area contributed by atoms with E-state index in [4.69, 9.17) is 10.2 Å². The predicted molar refractivity (Wildman–Crippen MR) is 143 cm³/mol. The number of hydrogen-bond donors (Lipinski definition) is 1. The van der Waals surface area contributed by atoms with Gasteiger partial charge in [0.1, 0.15) is 5.41 Å². The second-order valence-electron chi connectivity index (χ2n) is 10.4. The molecule has 4 aromatic rings. The number of aromatic nitrogens is 4. The van der Waals surface area contributed by atoms with Crippen molar-refractivity contribution in [1.29, 1.82) is 5.26 Å². The molecule has 0 unspecified atom stereocenters. The van der Waals surface area contributed by atoms with Crippen LogP contribution >= 0.6 is 0 Å². The van der Waals surface area contributed by atoms with E-state index < -0.39 is 44.8 Å². The number of alkyl halides is 3. The summed E-state index contributed by atoms with van der Waals surface area (Å²) < 4.78 is 72.4. The number of benzene rings is 2. The van der Waals surface area contributed by atoms with Gasteiger partial charge < -0.3 is 15.1 Å². The maximum atomic E-state index is 13.4. The minimum absolute atomic E-state index is 0.0215. The van der Waals surface area contributed by atoms with Crippen molar-refractivity contribution >= 4 is 21.4 Å². The first-order valence-corrected chi connectivity index (χ1v) is 14.2. The Hall–Kier alpha value is -4.55. The van der Waals surface area contributed by atoms with Crippen LogP contribution < -0.4 is 10.6 Å². The van der Waals surface area contributed by atoms with E-state index in [0.717, 1.165) is 10.7 Å². The number of amides is 1. The Morgan fingerprint density at radius 2 is 1.76 bits per heavy atom. The number of anilines is 1. The van der Waals surface area contributed by atoms with Gasteiger partial charge in [-0.1, -0.05) is 24.3 Å². The first kappa shape index (κ1) is 29.0. The molecule has 1 aliphatic rings. The molecular weight excluding hydrogens is 575 g/mol. The molecule has 1 amide bonds. The number of aryl methyl sites for hydroxylation is 1. The largest absolute Gasteiger partial charge is 0.435 e. The van der Waals surface area contributed by atoms with Crippen LogP contribution in [0.1, 0.15) is 31.0 Å². The molecule has 2 N–H and O–H groups in total. The number of rotatable bonds is 5. The Balaban J connectivity index is 1.53. The summed E-state index contributed by atoms with van der Waals surface area (Å²) in [7, 11) is -2.56. The molecule has 5 rings (SSSR count). The summed E-state index contributed by atoms with van der Waals surface area (Å²) in [6.45, 7) is 3.11. The highest BCUT2D eigenvalue weighted by molar-refractivity contribution is 7.91. The zero-order chi connectivity index (χ0) is 30.6. The Kier molecular flexibility index (Phi) is 6.94. The van der Waals surface area contributed by atoms with E-state index in [1.165, 1.54) is 30.1 Å². The van der Waals surface area contributed by atoms with Crippen molar-refractivity contribution in [2.75, 3.05) is 10.7 Å². The number of carbonyl (C=O) groups excluding carboxylic acids is 1. The molecule has 42 heavy (non-hydrogen) atoms. The van der Waals surface area contributed by atoms with Gasteiger partial charge in [0.05, 0.1) is 40.7 Å². The smallest absolute Gasteiger partial charge is 0.419 e. The van der Waals surface area contributed by atoms with Crippen molar-refractivity contribution in [3.05, 3.63) is 65.7 Å². The lowest BCUT2D eigenvalue weighted by Gasteiger charge is -2.24. The fourth-order valence-electron chi connectivity index (χ4n) is 4.48. The highest BCUT2D eigenvalue weighted by Crippen LogP contribution is 2.36. The van der Waals surface area contributed by atoms with Gasteiger partial charge >= 0.3 is 6.18 Å². The number of nitrogens with two attached hydrogens (primary N) is 1. The van der Waals surface area contributed by atoms with Crippen molar-refractivity contribution < 1.29 is 30.8 Å². The van der Waals surface area contributed by atoms with Crippen molar-refractivity contribution in [3.63, 3.8) is 0 Å². The normalized spacial score (nSPS) is 17.0. The lowest BCUT2D eigenvalue weighted by Crippen LogP contribution is -2.45. The maximum Gasteiger partial charge on any atom is 0.435 e. The van der Waals surface area contributed by atoms with Crippen LogP contribution in [0.3, 0.4) is 0 Å². The summed E-state index contributed by atoms with van der Waals surface area (Å²) in [6.07, 6.45) is -4.59. The van der Waals surface area contributed by atoms with Crippen molar-refractivity contribution in [2.24, 2.45) is 12.8 Å². The molecule has 0 aliphatic carbocycles. The molecule has 15 heteroatoms. The highest BCUT2D eigenvalue weighted by Gasteiger charge is 2.37. The molecular formula is C27H24F3N7O4S. The molecule has 0 fully saturated rings. The second kappa shape index (κ2) is 10.1. The molecule has 218 valence electrons. The minimum Gasteiger partial charge on any atom is -0.419 e. The van der Waals surface area contributed by atoms with Crippen LogP contribution in [0.15, 0.2) is 57.8 Å². The fourth-order valence-corrected chi connectivity index (χ4v) is 6.04. The molecule has 3 heterocycles. The molecule has 2 aromatic carbocycles. The third kappa shape index (κ3) is 5.26. The van der Waals surface area contributed by atoms with E-state index >= 15 is 0 Å². The van der Waals surface area contributed by atoms with Gasteiger partial charge in [0.2, 0.25) is 17.7 Å². The number of nitrogens with zero attached hydrogens (tertiary/aromatic N) is 6. The van der Waals surface area contributed by atoms with Gasteiger partial charge in [-0.3, -0.25) is 9.48 Å². The third-order valence-electron chi connectivity index (χ3n) is 6.81. The van der Waals surface area contributed by atoms with E-state index in [-0.39, 0.29) is 34.6 Å². The zero-order valence-corrected chi connectivity index (χ0v) is 23.4. The van der Waals surface area contributed by atoms with Gasteiger partial charge in [0.15, 0.2) is 15.5 Å². The van der Waals surface area contributed by atoms with E-state index in [0.29, 0.717) is 16.7 Å². The summed E-state index contributed by atoms with van der Waals surface area (Å²) in [5.74, 6) is -1.16. The number of fused-ring (bicyclic) bond motifs is 1. The summed E-state index contributed by atoms with van der Waals surface area (Å²) >= 11 is 0. The maximum absolute atomic E-state index is 13.4. The average Bonchev–Trinajstić information content (AvgIpc) is 3.58. The van der Waals surface area contributed by atoms with Gasteiger partial charge in [-0.25, -0.2) is 8.42 Å². The average molecular weight is 600 g/mol. The van der Waals surface area contributed by atoms with Crippen molar-refractivity contribution in [3.8, 4) is 28.8 Å². The monoisotopic (exact) mass is 599 g/mol. The quantitative estimate of drug-likeness (QED) is 0.361. The fraction of sp³-hybridized carbons (Fsp3) is 0.296. The van der Waals surface area contributed by atoms with Crippen molar-refractivity contribution in [2.45, 2.75) is 42.9 Å². The first-order valence-electron chi connectivity index (χ1n) is 12.5. The van der Waals surface area contributed by atoms with Crippen LogP contribution in [0.25, 0.3) is 22.7 Å². The Morgan fingerprint density at radius 1 is 1.10 bits per heavy atom. The Morgan fingerprint density at radius 3 is 2.38 bits per heavy atom. The Bertz CT molecular complexity index is 1840. The molecule has 0 radical (unpaired) electrons. The van der Waals surface area contributed by atoms with Crippen LogP contribution in [0.5, 0.6) is 0 Å². The summed E-state index contributed by atoms with van der Waals surface area (Å²) in [5.41, 5.74) is 5.54. The molecule has 0 saturated carbocycles. The summed E-state index contributed by atoms with van der Waals surface area (Å²) in [6, 6.07) is 12.3. The van der Waals surface area contributed by atoms with Crippen LogP contribution in [0.4, 0.5) is 18.9 Å². The van der Waals surface area contributed by atoms with E-state index in [2.05, 4.69) is 21.4 Å². The van der Waals surface area contributed by atoms with Crippen molar-refractivity contribution in [1.82, 2.24) is 20.0 Å². The number of sulfone groups is 1. The van der Waals surface area contributed by atoms with Gasteiger partial charge in [-0.2, -0.15) is 23.5 Å². The van der Waals surface area contributed by atoms with Crippen LogP contribution in [-0.4, -0.2) is 46.1 Å². The third-order valence-corrected chi connectivity index (χ3v) is 8.63. The van der Waals surface area contributed by atoms with Gasteiger partial charge in [-0.05, 0) is 49.2 Å². The lowest BCUT2D eigenvalue weighted by molar-refractivity contribution is -0.141. The van der Waals surface area contributed by atoms with Crippen LogP contribution in [-0.2, 0) is 39.8 Å². The minimum atomic E-state index is -4.59. The molecule has 0 saturated heterocycles. The number of hydrogen-bond acceptors (Lipinski definition) is 9. The zero-order valence-electron chi connectivity index (χ0n) is 22.5. The summed E-state index contributed by atoms with van der Waals surface area (Å²) in [4.78, 5) is 14.5. The topological polar surface area (TPSA) is 161 Å². The van der Waals surface area contributed by atoms with Crippen LogP contribution in [0.2, 0.25) is 0 Å². The lowest BCUT2D eigenvalue weighted by atomic mass is 9.96. The van der Waals surface area contributed by atoms with Gasteiger partial charge in [0, 0.05) is 12.6 Å². The molecule has 1 atom stereocenters. The number of nitriles is 1. The number of carbonyl (C=O) groups is 1. The SMILES string of the molecule is Cn1nc(C(F)(F)F)cc1-c1ccc(CN2C(=O)[C@@H](N)CS(=O)(=O)c3ccc(-c4nnc(C(C)(C)C#N)o4)cc32)cc1. The van der Waals surface area contributed by atoms with Gasteiger partial charge in [0.25, 0.3) is 0 Å².